The molecule has 2 nitrogen and oxygen atoms in total. The van der Waals surface area contributed by atoms with E-state index in [1.54, 1.807) is 0 Å². The molecule has 0 amide bonds. The summed E-state index contributed by atoms with van der Waals surface area (Å²) >= 11 is 0. The third-order valence-electron chi connectivity index (χ3n) is 4.07. The van der Waals surface area contributed by atoms with Gasteiger partial charge in [0.25, 0.3) is 0 Å². The molecule has 2 N–H and O–H groups in total. The molecular formula is C11H20N2. The second kappa shape index (κ2) is 3.10. The van der Waals surface area contributed by atoms with Crippen molar-refractivity contribution in [3.05, 3.63) is 12.2 Å². The van der Waals surface area contributed by atoms with E-state index in [0.29, 0.717) is 5.92 Å². The summed E-state index contributed by atoms with van der Waals surface area (Å²) in [6, 6.07) is 0. The van der Waals surface area contributed by atoms with Crippen molar-refractivity contribution in [2.45, 2.75) is 25.3 Å². The number of likely N-dealkylation sites (N-methyl/N-ethyl adjacent to an activating group) is 1. The standard InChI is InChI=1S/C11H20N2/c1-3-13(2)11(8-12)7-9-4-5-10(11)6-9/h4-5,9-10H,3,6-8,12H2,1-2H3/t9-,10+,11?/m0/s1. The van der Waals surface area contributed by atoms with Gasteiger partial charge < -0.3 is 5.73 Å². The summed E-state index contributed by atoms with van der Waals surface area (Å²) in [5, 5.41) is 0. The molecule has 3 atom stereocenters. The molecule has 0 aromatic rings. The highest BCUT2D eigenvalue weighted by Crippen LogP contribution is 2.48. The van der Waals surface area contributed by atoms with Crippen LogP contribution in [0.1, 0.15) is 19.8 Å². The van der Waals surface area contributed by atoms with Crippen LogP contribution in [0.3, 0.4) is 0 Å². The molecule has 13 heavy (non-hydrogen) atoms. The molecule has 0 radical (unpaired) electrons. The SMILES string of the molecule is CCN(C)C1(CN)C[C@H]2C=C[C@@H]1C2. The Balaban J connectivity index is 2.22. The predicted octanol–water partition coefficient (Wildman–Crippen LogP) is 1.23. The minimum absolute atomic E-state index is 0.286. The summed E-state index contributed by atoms with van der Waals surface area (Å²) in [5.41, 5.74) is 6.24. The molecule has 1 fully saturated rings. The number of nitrogens with two attached hydrogens (primary N) is 1. The molecule has 0 saturated heterocycles. The minimum atomic E-state index is 0.286. The molecule has 0 aromatic carbocycles. The summed E-state index contributed by atoms with van der Waals surface area (Å²) in [6.07, 6.45) is 7.37. The average Bonchev–Trinajstić information content (AvgIpc) is 2.75. The lowest BCUT2D eigenvalue weighted by Crippen LogP contribution is -2.54. The normalized spacial score (nSPS) is 42.2. The average molecular weight is 180 g/mol. The Morgan fingerprint density at radius 3 is 2.69 bits per heavy atom. The molecule has 2 bridgehead atoms. The molecule has 0 spiro atoms. The zero-order valence-electron chi connectivity index (χ0n) is 8.66. The highest BCUT2D eigenvalue weighted by molar-refractivity contribution is 5.20. The van der Waals surface area contributed by atoms with Crippen LogP contribution in [-0.4, -0.2) is 30.6 Å². The van der Waals surface area contributed by atoms with Crippen LogP contribution >= 0.6 is 0 Å². The van der Waals surface area contributed by atoms with E-state index in [2.05, 4.69) is 31.0 Å². The van der Waals surface area contributed by atoms with Crippen molar-refractivity contribution < 1.29 is 0 Å². The summed E-state index contributed by atoms with van der Waals surface area (Å²) in [4.78, 5) is 2.45. The molecule has 74 valence electrons. The van der Waals surface area contributed by atoms with Gasteiger partial charge in [0.2, 0.25) is 0 Å². The smallest absolute Gasteiger partial charge is 0.0396 e. The Hall–Kier alpha value is -0.340. The third kappa shape index (κ3) is 1.16. The first-order chi connectivity index (χ1) is 6.23. The van der Waals surface area contributed by atoms with Crippen molar-refractivity contribution in [2.75, 3.05) is 20.1 Å². The quantitative estimate of drug-likeness (QED) is 0.662. The van der Waals surface area contributed by atoms with Gasteiger partial charge in [-0.1, -0.05) is 19.1 Å². The van der Waals surface area contributed by atoms with Crippen molar-refractivity contribution >= 4 is 0 Å². The molecule has 0 aromatic heterocycles. The molecule has 2 rings (SSSR count). The maximum absolute atomic E-state index is 5.96. The fourth-order valence-electron chi connectivity index (χ4n) is 3.07. The first-order valence-corrected chi connectivity index (χ1v) is 5.32. The highest BCUT2D eigenvalue weighted by Gasteiger charge is 2.49. The third-order valence-corrected chi connectivity index (χ3v) is 4.07. The van der Waals surface area contributed by atoms with Crippen molar-refractivity contribution in [3.63, 3.8) is 0 Å². The van der Waals surface area contributed by atoms with E-state index < -0.39 is 0 Å². The molecular weight excluding hydrogens is 160 g/mol. The van der Waals surface area contributed by atoms with Gasteiger partial charge in [-0.15, -0.1) is 0 Å². The van der Waals surface area contributed by atoms with E-state index in [4.69, 9.17) is 5.73 Å². The van der Waals surface area contributed by atoms with E-state index in [0.717, 1.165) is 19.0 Å². The Morgan fingerprint density at radius 2 is 2.31 bits per heavy atom. The number of fused-ring (bicyclic) bond motifs is 2. The zero-order valence-corrected chi connectivity index (χ0v) is 8.66. The second-order valence-corrected chi connectivity index (χ2v) is 4.51. The molecule has 1 saturated carbocycles. The van der Waals surface area contributed by atoms with Crippen LogP contribution < -0.4 is 5.73 Å². The second-order valence-electron chi connectivity index (χ2n) is 4.51. The van der Waals surface area contributed by atoms with Gasteiger partial charge in [-0.2, -0.15) is 0 Å². The van der Waals surface area contributed by atoms with Crippen LogP contribution in [0.25, 0.3) is 0 Å². The topological polar surface area (TPSA) is 29.3 Å². The van der Waals surface area contributed by atoms with Crippen molar-refractivity contribution in [1.82, 2.24) is 4.90 Å². The van der Waals surface area contributed by atoms with Crippen molar-refractivity contribution in [2.24, 2.45) is 17.6 Å². The lowest BCUT2D eigenvalue weighted by molar-refractivity contribution is 0.104. The molecule has 0 aliphatic heterocycles. The highest BCUT2D eigenvalue weighted by atomic mass is 15.2. The van der Waals surface area contributed by atoms with Crippen LogP contribution in [0.15, 0.2) is 12.2 Å². The van der Waals surface area contributed by atoms with Gasteiger partial charge in [0.05, 0.1) is 0 Å². The van der Waals surface area contributed by atoms with E-state index in [1.165, 1.54) is 12.8 Å². The van der Waals surface area contributed by atoms with Crippen LogP contribution in [0, 0.1) is 11.8 Å². The molecule has 2 aliphatic carbocycles. The van der Waals surface area contributed by atoms with Crippen LogP contribution in [0.2, 0.25) is 0 Å². The van der Waals surface area contributed by atoms with E-state index in [9.17, 15) is 0 Å². The molecule has 1 unspecified atom stereocenters. The Bertz CT molecular complexity index is 224. The zero-order chi connectivity index (χ0) is 9.47. The first-order valence-electron chi connectivity index (χ1n) is 5.32. The Labute approximate surface area is 80.8 Å². The van der Waals surface area contributed by atoms with Gasteiger partial charge in [-0.3, -0.25) is 4.90 Å². The summed E-state index contributed by atoms with van der Waals surface area (Å²) in [6.45, 7) is 4.13. The maximum Gasteiger partial charge on any atom is 0.0396 e. The maximum atomic E-state index is 5.96. The first kappa shape index (κ1) is 9.22. The fourth-order valence-corrected chi connectivity index (χ4v) is 3.07. The molecule has 2 aliphatic rings. The number of allylic oxidation sites excluding steroid dienone is 1. The largest absolute Gasteiger partial charge is 0.329 e. The number of hydrogen-bond acceptors (Lipinski definition) is 2. The van der Waals surface area contributed by atoms with Gasteiger partial charge in [0, 0.05) is 12.1 Å². The summed E-state index contributed by atoms with van der Waals surface area (Å²) in [5.74, 6) is 1.52. The van der Waals surface area contributed by atoms with E-state index in [1.807, 2.05) is 0 Å². The monoisotopic (exact) mass is 180 g/mol. The van der Waals surface area contributed by atoms with Gasteiger partial charge in [-0.25, -0.2) is 0 Å². The number of nitrogens with zero attached hydrogens (tertiary/aromatic N) is 1. The lowest BCUT2D eigenvalue weighted by atomic mass is 9.83. The van der Waals surface area contributed by atoms with Crippen LogP contribution in [0.4, 0.5) is 0 Å². The van der Waals surface area contributed by atoms with Gasteiger partial charge in [0.15, 0.2) is 0 Å². The van der Waals surface area contributed by atoms with Crippen LogP contribution in [0.5, 0.6) is 0 Å². The van der Waals surface area contributed by atoms with Gasteiger partial charge in [-0.05, 0) is 38.3 Å². The minimum Gasteiger partial charge on any atom is -0.329 e. The molecule has 2 heteroatoms. The van der Waals surface area contributed by atoms with Crippen molar-refractivity contribution in [1.29, 1.82) is 0 Å². The predicted molar refractivity (Wildman–Crippen MR) is 55.4 cm³/mol. The summed E-state index contributed by atoms with van der Waals surface area (Å²) < 4.78 is 0. The van der Waals surface area contributed by atoms with E-state index in [-0.39, 0.29) is 5.54 Å². The van der Waals surface area contributed by atoms with Gasteiger partial charge in [0.1, 0.15) is 0 Å². The fraction of sp³-hybridized carbons (Fsp3) is 0.818. The number of hydrogen-bond donors (Lipinski definition) is 1. The van der Waals surface area contributed by atoms with Crippen LogP contribution in [-0.2, 0) is 0 Å². The summed E-state index contributed by atoms with van der Waals surface area (Å²) in [7, 11) is 2.21. The lowest BCUT2D eigenvalue weighted by Gasteiger charge is -2.42. The Morgan fingerprint density at radius 1 is 1.54 bits per heavy atom. The van der Waals surface area contributed by atoms with Crippen molar-refractivity contribution in [3.8, 4) is 0 Å². The van der Waals surface area contributed by atoms with Gasteiger partial charge >= 0.3 is 0 Å². The number of rotatable bonds is 3. The van der Waals surface area contributed by atoms with E-state index >= 15 is 0 Å². The molecule has 0 heterocycles. The Kier molecular flexibility index (Phi) is 2.20.